The Kier molecular flexibility index (Phi) is 6.11. The molecule has 0 saturated heterocycles. The van der Waals surface area contributed by atoms with E-state index in [-0.39, 0.29) is 6.61 Å². The predicted molar refractivity (Wildman–Crippen MR) is 90.7 cm³/mol. The van der Waals surface area contributed by atoms with Crippen LogP contribution < -0.4 is 20.3 Å². The van der Waals surface area contributed by atoms with Crippen molar-refractivity contribution in [1.29, 1.82) is 0 Å². The van der Waals surface area contributed by atoms with Gasteiger partial charge in [-0.2, -0.15) is 0 Å². The van der Waals surface area contributed by atoms with Crippen molar-refractivity contribution >= 4 is 18.1 Å². The second kappa shape index (κ2) is 8.49. The summed E-state index contributed by atoms with van der Waals surface area (Å²) in [6.07, 6.45) is 0.680. The molecule has 0 atom stereocenters. The summed E-state index contributed by atoms with van der Waals surface area (Å²) < 4.78 is 10.4. The maximum atomic E-state index is 11.9. The largest absolute Gasteiger partial charge is 0.493 e. The van der Waals surface area contributed by atoms with Gasteiger partial charge < -0.3 is 9.47 Å². The fraction of sp³-hybridized carbons (Fsp3) is 0.167. The third-order valence-corrected chi connectivity index (χ3v) is 3.31. The van der Waals surface area contributed by atoms with Crippen LogP contribution in [0, 0.1) is 6.92 Å². The molecule has 0 aliphatic carbocycles. The molecule has 2 rings (SSSR count). The van der Waals surface area contributed by atoms with Gasteiger partial charge in [-0.05, 0) is 37.3 Å². The molecule has 0 unspecified atom stereocenters. The minimum atomic E-state index is -0.540. The lowest BCUT2D eigenvalue weighted by atomic mass is 10.1. The van der Waals surface area contributed by atoms with Crippen molar-refractivity contribution in [2.24, 2.45) is 0 Å². The minimum Gasteiger partial charge on any atom is -0.493 e. The number of hydrazine groups is 1. The highest BCUT2D eigenvalue weighted by Gasteiger charge is 2.10. The van der Waals surface area contributed by atoms with Crippen LogP contribution in [0.2, 0.25) is 0 Å². The first-order valence-corrected chi connectivity index (χ1v) is 7.45. The maximum Gasteiger partial charge on any atom is 0.276 e. The summed E-state index contributed by atoms with van der Waals surface area (Å²) >= 11 is 0. The predicted octanol–water partition coefficient (Wildman–Crippen LogP) is 1.66. The standard InChI is InChI=1S/C18H18N2O5/c1-12-3-6-14(7-4-12)18(23)20-19-17(22)11-25-15-8-5-13(10-21)9-16(15)24-2/h3-10H,11H2,1-2H3,(H,19,22)(H,20,23). The molecule has 0 radical (unpaired) electrons. The van der Waals surface area contributed by atoms with Gasteiger partial charge in [0.2, 0.25) is 0 Å². The van der Waals surface area contributed by atoms with E-state index in [4.69, 9.17) is 9.47 Å². The summed E-state index contributed by atoms with van der Waals surface area (Å²) in [5, 5.41) is 0. The average Bonchev–Trinajstić information content (AvgIpc) is 2.64. The number of amides is 2. The molecule has 0 aromatic heterocycles. The summed E-state index contributed by atoms with van der Waals surface area (Å²) in [5.74, 6) is -0.322. The SMILES string of the molecule is COc1cc(C=O)ccc1OCC(=O)NNC(=O)c1ccc(C)cc1. The smallest absolute Gasteiger partial charge is 0.276 e. The van der Waals surface area contributed by atoms with Crippen molar-refractivity contribution in [3.63, 3.8) is 0 Å². The van der Waals surface area contributed by atoms with E-state index in [1.165, 1.54) is 19.2 Å². The summed E-state index contributed by atoms with van der Waals surface area (Å²) in [4.78, 5) is 34.4. The fourth-order valence-electron chi connectivity index (χ4n) is 1.96. The second-order valence-electron chi connectivity index (χ2n) is 5.19. The van der Waals surface area contributed by atoms with Gasteiger partial charge in [-0.1, -0.05) is 17.7 Å². The zero-order valence-electron chi connectivity index (χ0n) is 13.9. The van der Waals surface area contributed by atoms with Crippen LogP contribution in [0.25, 0.3) is 0 Å². The molecule has 2 amide bonds. The van der Waals surface area contributed by atoms with Crippen molar-refractivity contribution in [2.45, 2.75) is 6.92 Å². The number of aldehydes is 1. The first kappa shape index (κ1) is 18.0. The number of nitrogens with one attached hydrogen (secondary N) is 2. The number of hydrogen-bond donors (Lipinski definition) is 2. The zero-order chi connectivity index (χ0) is 18.2. The summed E-state index contributed by atoms with van der Waals surface area (Å²) in [5.41, 5.74) is 6.46. The first-order chi connectivity index (χ1) is 12.0. The number of ether oxygens (including phenoxy) is 2. The third kappa shape index (κ3) is 5.07. The van der Waals surface area contributed by atoms with E-state index in [0.29, 0.717) is 28.9 Å². The monoisotopic (exact) mass is 342 g/mol. The molecule has 0 aliphatic heterocycles. The van der Waals surface area contributed by atoms with Crippen LogP contribution in [0.15, 0.2) is 42.5 Å². The van der Waals surface area contributed by atoms with Crippen molar-refractivity contribution in [3.05, 3.63) is 59.2 Å². The number of methoxy groups -OCH3 is 1. The molecule has 7 heteroatoms. The van der Waals surface area contributed by atoms with Gasteiger partial charge in [-0.25, -0.2) is 0 Å². The van der Waals surface area contributed by atoms with E-state index in [9.17, 15) is 14.4 Å². The lowest BCUT2D eigenvalue weighted by molar-refractivity contribution is -0.123. The van der Waals surface area contributed by atoms with Crippen LogP contribution in [0.4, 0.5) is 0 Å². The number of carbonyl (C=O) groups is 3. The van der Waals surface area contributed by atoms with Crippen LogP contribution in [-0.2, 0) is 4.79 Å². The van der Waals surface area contributed by atoms with E-state index >= 15 is 0 Å². The van der Waals surface area contributed by atoms with Crippen LogP contribution in [0.3, 0.4) is 0 Å². The van der Waals surface area contributed by atoms with E-state index in [2.05, 4.69) is 10.9 Å². The molecule has 2 N–H and O–H groups in total. The van der Waals surface area contributed by atoms with Gasteiger partial charge >= 0.3 is 0 Å². The van der Waals surface area contributed by atoms with Crippen molar-refractivity contribution in [2.75, 3.05) is 13.7 Å². The van der Waals surface area contributed by atoms with E-state index in [1.807, 2.05) is 6.92 Å². The van der Waals surface area contributed by atoms with Crippen LogP contribution in [-0.4, -0.2) is 31.8 Å². The molecule has 0 aliphatic rings. The first-order valence-electron chi connectivity index (χ1n) is 7.45. The van der Waals surface area contributed by atoms with Crippen molar-refractivity contribution < 1.29 is 23.9 Å². The van der Waals surface area contributed by atoms with Gasteiger partial charge in [0.05, 0.1) is 7.11 Å². The molecule has 0 spiro atoms. The van der Waals surface area contributed by atoms with Crippen molar-refractivity contribution in [1.82, 2.24) is 10.9 Å². The lowest BCUT2D eigenvalue weighted by Crippen LogP contribution is -2.43. The Balaban J connectivity index is 1.85. The maximum absolute atomic E-state index is 11.9. The Labute approximate surface area is 144 Å². The molecule has 0 fully saturated rings. The Bertz CT molecular complexity index is 772. The Hall–Kier alpha value is -3.35. The third-order valence-electron chi connectivity index (χ3n) is 3.31. The van der Waals surface area contributed by atoms with Gasteiger partial charge in [-0.3, -0.25) is 25.2 Å². The van der Waals surface area contributed by atoms with E-state index in [1.54, 1.807) is 30.3 Å². The number of rotatable bonds is 6. The van der Waals surface area contributed by atoms with Gasteiger partial charge in [0.1, 0.15) is 6.29 Å². The molecule has 0 heterocycles. The molecule has 130 valence electrons. The van der Waals surface area contributed by atoms with E-state index < -0.39 is 11.8 Å². The molecule has 2 aromatic rings. The summed E-state index contributed by atoms with van der Waals surface area (Å²) in [7, 11) is 1.43. The minimum absolute atomic E-state index is 0.313. The molecule has 0 saturated carbocycles. The highest BCUT2D eigenvalue weighted by atomic mass is 16.5. The highest BCUT2D eigenvalue weighted by molar-refractivity contribution is 5.95. The van der Waals surface area contributed by atoms with E-state index in [0.717, 1.165) is 5.56 Å². The van der Waals surface area contributed by atoms with Gasteiger partial charge in [0.15, 0.2) is 18.1 Å². The summed E-state index contributed by atoms with van der Waals surface area (Å²) in [6.45, 7) is 1.59. The normalized spacial score (nSPS) is 9.84. The van der Waals surface area contributed by atoms with Crippen LogP contribution >= 0.6 is 0 Å². The Morgan fingerprint density at radius 3 is 2.40 bits per heavy atom. The molecule has 7 nitrogen and oxygen atoms in total. The highest BCUT2D eigenvalue weighted by Crippen LogP contribution is 2.27. The van der Waals surface area contributed by atoms with Gasteiger partial charge in [0.25, 0.3) is 11.8 Å². The van der Waals surface area contributed by atoms with Gasteiger partial charge in [-0.15, -0.1) is 0 Å². The number of carbonyl (C=O) groups excluding carboxylic acids is 3. The van der Waals surface area contributed by atoms with Crippen molar-refractivity contribution in [3.8, 4) is 11.5 Å². The number of benzene rings is 2. The number of hydrogen-bond acceptors (Lipinski definition) is 5. The molecule has 0 bridgehead atoms. The molecule has 25 heavy (non-hydrogen) atoms. The summed E-state index contributed by atoms with van der Waals surface area (Å²) in [6, 6.07) is 11.5. The molecular formula is C18H18N2O5. The topological polar surface area (TPSA) is 93.7 Å². The zero-order valence-corrected chi connectivity index (χ0v) is 13.9. The quantitative estimate of drug-likeness (QED) is 0.615. The second-order valence-corrected chi connectivity index (χ2v) is 5.19. The van der Waals surface area contributed by atoms with Gasteiger partial charge in [0, 0.05) is 11.1 Å². The average molecular weight is 342 g/mol. The van der Waals surface area contributed by atoms with Crippen LogP contribution in [0.1, 0.15) is 26.3 Å². The molecule has 2 aromatic carbocycles. The molecular weight excluding hydrogens is 324 g/mol. The number of aryl methyl sites for hydroxylation is 1. The Morgan fingerprint density at radius 1 is 1.04 bits per heavy atom. The fourth-order valence-corrected chi connectivity index (χ4v) is 1.96. The lowest BCUT2D eigenvalue weighted by Gasteiger charge is -2.11. The van der Waals surface area contributed by atoms with Crippen LogP contribution in [0.5, 0.6) is 11.5 Å². The Morgan fingerprint density at radius 2 is 1.76 bits per heavy atom.